The molecule has 0 saturated heterocycles. The van der Waals surface area contributed by atoms with E-state index in [1.807, 2.05) is 32.0 Å². The monoisotopic (exact) mass is 215 g/mol. The summed E-state index contributed by atoms with van der Waals surface area (Å²) < 4.78 is 5.64. The van der Waals surface area contributed by atoms with Gasteiger partial charge < -0.3 is 10.5 Å². The van der Waals surface area contributed by atoms with Gasteiger partial charge in [-0.25, -0.2) is 9.97 Å². The maximum Gasteiger partial charge on any atom is 0.167 e. The Hall–Kier alpha value is -2.10. The molecular weight excluding hydrogens is 202 g/mol. The Bertz CT molecular complexity index is 511. The van der Waals surface area contributed by atoms with Crippen LogP contribution in [0.3, 0.4) is 0 Å². The van der Waals surface area contributed by atoms with E-state index < -0.39 is 0 Å². The fourth-order valence-electron chi connectivity index (χ4n) is 1.36. The second kappa shape index (κ2) is 4.18. The highest BCUT2D eigenvalue weighted by Gasteiger charge is 2.05. The standard InChI is InChI=1S/C12H13N3O/c1-8-12(7-14-9(2)15-8)16-11-6-4-3-5-10(11)13/h3-7H,13H2,1-2H3. The van der Waals surface area contributed by atoms with Gasteiger partial charge in [0, 0.05) is 0 Å². The first-order valence-electron chi connectivity index (χ1n) is 4.99. The summed E-state index contributed by atoms with van der Waals surface area (Å²) in [6.07, 6.45) is 1.66. The highest BCUT2D eigenvalue weighted by molar-refractivity contribution is 5.53. The lowest BCUT2D eigenvalue weighted by Gasteiger charge is -2.09. The highest BCUT2D eigenvalue weighted by Crippen LogP contribution is 2.27. The normalized spacial score (nSPS) is 10.1. The van der Waals surface area contributed by atoms with Crippen LogP contribution in [0.2, 0.25) is 0 Å². The number of nitrogen functional groups attached to an aromatic ring is 1. The zero-order valence-electron chi connectivity index (χ0n) is 9.27. The number of hydrogen-bond acceptors (Lipinski definition) is 4. The Morgan fingerprint density at radius 3 is 2.56 bits per heavy atom. The van der Waals surface area contributed by atoms with Crippen molar-refractivity contribution >= 4 is 5.69 Å². The second-order valence-electron chi connectivity index (χ2n) is 3.51. The van der Waals surface area contributed by atoms with Crippen LogP contribution in [-0.4, -0.2) is 9.97 Å². The zero-order valence-corrected chi connectivity index (χ0v) is 9.27. The number of ether oxygens (including phenoxy) is 1. The molecule has 0 aliphatic heterocycles. The number of hydrogen-bond donors (Lipinski definition) is 1. The summed E-state index contributed by atoms with van der Waals surface area (Å²) in [5, 5.41) is 0. The molecule has 0 radical (unpaired) electrons. The van der Waals surface area contributed by atoms with Crippen molar-refractivity contribution in [1.29, 1.82) is 0 Å². The molecule has 0 saturated carbocycles. The first-order chi connectivity index (χ1) is 7.66. The second-order valence-corrected chi connectivity index (χ2v) is 3.51. The number of benzene rings is 1. The number of para-hydroxylation sites is 2. The third-order valence-corrected chi connectivity index (χ3v) is 2.19. The summed E-state index contributed by atoms with van der Waals surface area (Å²) in [5.74, 6) is 1.98. The Morgan fingerprint density at radius 1 is 1.12 bits per heavy atom. The minimum atomic E-state index is 0.600. The van der Waals surface area contributed by atoms with Gasteiger partial charge in [0.2, 0.25) is 0 Å². The van der Waals surface area contributed by atoms with Gasteiger partial charge in [-0.2, -0.15) is 0 Å². The number of nitrogens with two attached hydrogens (primary N) is 1. The largest absolute Gasteiger partial charge is 0.452 e. The summed E-state index contributed by atoms with van der Waals surface area (Å²) in [5.41, 5.74) is 7.18. The molecule has 4 heteroatoms. The number of rotatable bonds is 2. The lowest BCUT2D eigenvalue weighted by Crippen LogP contribution is -1.97. The molecule has 0 bridgehead atoms. The summed E-state index contributed by atoms with van der Waals surface area (Å²) in [4.78, 5) is 8.31. The molecule has 2 rings (SSSR count). The van der Waals surface area contributed by atoms with Crippen molar-refractivity contribution in [2.24, 2.45) is 0 Å². The van der Waals surface area contributed by atoms with Crippen LogP contribution in [0.5, 0.6) is 11.5 Å². The molecule has 2 N–H and O–H groups in total. The zero-order chi connectivity index (χ0) is 11.5. The van der Waals surface area contributed by atoms with Gasteiger partial charge >= 0.3 is 0 Å². The highest BCUT2D eigenvalue weighted by atomic mass is 16.5. The topological polar surface area (TPSA) is 61.0 Å². The molecule has 1 heterocycles. The van der Waals surface area contributed by atoms with E-state index in [1.54, 1.807) is 12.3 Å². The smallest absolute Gasteiger partial charge is 0.167 e. The van der Waals surface area contributed by atoms with Crippen molar-refractivity contribution in [3.8, 4) is 11.5 Å². The molecule has 0 aliphatic rings. The fourth-order valence-corrected chi connectivity index (χ4v) is 1.36. The van der Waals surface area contributed by atoms with Gasteiger partial charge in [0.15, 0.2) is 5.75 Å². The third-order valence-electron chi connectivity index (χ3n) is 2.19. The molecule has 0 amide bonds. The lowest BCUT2D eigenvalue weighted by molar-refractivity contribution is 0.474. The van der Waals surface area contributed by atoms with E-state index in [0.717, 1.165) is 11.5 Å². The van der Waals surface area contributed by atoms with Gasteiger partial charge in [-0.1, -0.05) is 12.1 Å². The quantitative estimate of drug-likeness (QED) is 0.782. The number of nitrogens with zero attached hydrogens (tertiary/aromatic N) is 2. The molecule has 82 valence electrons. The number of aryl methyl sites for hydroxylation is 2. The molecule has 0 aliphatic carbocycles. The fraction of sp³-hybridized carbons (Fsp3) is 0.167. The van der Waals surface area contributed by atoms with E-state index in [-0.39, 0.29) is 0 Å². The van der Waals surface area contributed by atoms with Crippen LogP contribution in [0.4, 0.5) is 5.69 Å². The molecule has 1 aromatic carbocycles. The van der Waals surface area contributed by atoms with Gasteiger partial charge in [-0.15, -0.1) is 0 Å². The Labute approximate surface area is 94.1 Å². The minimum absolute atomic E-state index is 0.600. The minimum Gasteiger partial charge on any atom is -0.452 e. The van der Waals surface area contributed by atoms with E-state index >= 15 is 0 Å². The molecule has 2 aromatic rings. The van der Waals surface area contributed by atoms with E-state index in [4.69, 9.17) is 10.5 Å². The van der Waals surface area contributed by atoms with Gasteiger partial charge in [0.1, 0.15) is 11.6 Å². The predicted molar refractivity (Wildman–Crippen MR) is 62.4 cm³/mol. The molecule has 4 nitrogen and oxygen atoms in total. The van der Waals surface area contributed by atoms with E-state index in [9.17, 15) is 0 Å². The van der Waals surface area contributed by atoms with Crippen LogP contribution in [0, 0.1) is 13.8 Å². The number of aromatic nitrogens is 2. The van der Waals surface area contributed by atoms with E-state index in [2.05, 4.69) is 9.97 Å². The van der Waals surface area contributed by atoms with E-state index in [1.165, 1.54) is 0 Å². The van der Waals surface area contributed by atoms with Crippen molar-refractivity contribution < 1.29 is 4.74 Å². The van der Waals surface area contributed by atoms with Crippen molar-refractivity contribution in [1.82, 2.24) is 9.97 Å². The molecule has 0 atom stereocenters. The lowest BCUT2D eigenvalue weighted by atomic mass is 10.3. The Balaban J connectivity index is 2.31. The molecule has 1 aromatic heterocycles. The van der Waals surface area contributed by atoms with Gasteiger partial charge in [-0.3, -0.25) is 0 Å². The first-order valence-corrected chi connectivity index (χ1v) is 4.99. The molecule has 0 spiro atoms. The summed E-state index contributed by atoms with van der Waals surface area (Å²) in [7, 11) is 0. The van der Waals surface area contributed by atoms with Crippen molar-refractivity contribution in [2.45, 2.75) is 13.8 Å². The maximum absolute atomic E-state index is 5.78. The van der Waals surface area contributed by atoms with Crippen LogP contribution in [0.15, 0.2) is 30.5 Å². The van der Waals surface area contributed by atoms with Gasteiger partial charge in [-0.05, 0) is 26.0 Å². The molecular formula is C12H13N3O. The Kier molecular flexibility index (Phi) is 2.72. The average molecular weight is 215 g/mol. The van der Waals surface area contributed by atoms with Crippen molar-refractivity contribution in [2.75, 3.05) is 5.73 Å². The van der Waals surface area contributed by atoms with Crippen LogP contribution in [-0.2, 0) is 0 Å². The van der Waals surface area contributed by atoms with Crippen LogP contribution >= 0.6 is 0 Å². The third kappa shape index (κ3) is 2.11. The van der Waals surface area contributed by atoms with Crippen molar-refractivity contribution in [3.63, 3.8) is 0 Å². The van der Waals surface area contributed by atoms with E-state index in [0.29, 0.717) is 17.2 Å². The average Bonchev–Trinajstić information content (AvgIpc) is 2.25. The molecule has 0 fully saturated rings. The summed E-state index contributed by atoms with van der Waals surface area (Å²) >= 11 is 0. The predicted octanol–water partition coefficient (Wildman–Crippen LogP) is 2.47. The first kappa shape index (κ1) is 10.4. The van der Waals surface area contributed by atoms with Crippen molar-refractivity contribution in [3.05, 3.63) is 42.0 Å². The SMILES string of the molecule is Cc1ncc(Oc2ccccc2N)c(C)n1. The maximum atomic E-state index is 5.78. The van der Waals surface area contributed by atoms with Gasteiger partial charge in [0.05, 0.1) is 17.6 Å². The van der Waals surface area contributed by atoms with Crippen LogP contribution in [0.1, 0.15) is 11.5 Å². The molecule has 16 heavy (non-hydrogen) atoms. The summed E-state index contributed by atoms with van der Waals surface area (Å²) in [6.45, 7) is 3.72. The Morgan fingerprint density at radius 2 is 1.88 bits per heavy atom. The number of anilines is 1. The van der Waals surface area contributed by atoms with Crippen LogP contribution < -0.4 is 10.5 Å². The van der Waals surface area contributed by atoms with Crippen LogP contribution in [0.25, 0.3) is 0 Å². The molecule has 0 unspecified atom stereocenters. The summed E-state index contributed by atoms with van der Waals surface area (Å²) in [6, 6.07) is 7.34. The van der Waals surface area contributed by atoms with Gasteiger partial charge in [0.25, 0.3) is 0 Å².